The Hall–Kier alpha value is -1.11. The van der Waals surface area contributed by atoms with Crippen LogP contribution in [0, 0.1) is 12.3 Å². The van der Waals surface area contributed by atoms with Crippen molar-refractivity contribution in [3.05, 3.63) is 23.8 Å². The Morgan fingerprint density at radius 2 is 1.90 bits per heavy atom. The molecular weight excluding hydrogens is 276 g/mol. The Balaban J connectivity index is 3.09. The topological polar surface area (TPSA) is 92.4 Å². The van der Waals surface area contributed by atoms with Crippen LogP contribution in [0.15, 0.2) is 23.1 Å². The maximum absolute atomic E-state index is 12.4. The zero-order valence-corrected chi connectivity index (χ0v) is 13.3. The average Bonchev–Trinajstić information content (AvgIpc) is 2.25. The van der Waals surface area contributed by atoms with Gasteiger partial charge >= 0.3 is 0 Å². The number of hydrogen-bond acceptors (Lipinski definition) is 4. The number of hydrogen-bond donors (Lipinski definition) is 3. The third-order valence-electron chi connectivity index (χ3n) is 3.14. The number of aliphatic hydroxyl groups is 1. The van der Waals surface area contributed by atoms with Crippen LogP contribution < -0.4 is 10.5 Å². The smallest absolute Gasteiger partial charge is 0.240 e. The van der Waals surface area contributed by atoms with Crippen molar-refractivity contribution < 1.29 is 13.5 Å². The van der Waals surface area contributed by atoms with Gasteiger partial charge in [-0.1, -0.05) is 20.8 Å². The van der Waals surface area contributed by atoms with Crippen LogP contribution in [0.1, 0.15) is 32.8 Å². The second-order valence-corrected chi connectivity index (χ2v) is 7.85. The quantitative estimate of drug-likeness (QED) is 0.721. The summed E-state index contributed by atoms with van der Waals surface area (Å²) in [5.74, 6) is 0. The Morgan fingerprint density at radius 3 is 2.35 bits per heavy atom. The maximum atomic E-state index is 12.4. The largest absolute Gasteiger partial charge is 0.399 e. The highest BCUT2D eigenvalue weighted by Crippen LogP contribution is 2.24. The molecule has 20 heavy (non-hydrogen) atoms. The van der Waals surface area contributed by atoms with E-state index < -0.39 is 10.0 Å². The first-order valence-corrected chi connectivity index (χ1v) is 8.05. The van der Waals surface area contributed by atoms with Crippen LogP contribution in [0.2, 0.25) is 0 Å². The fraction of sp³-hybridized carbons (Fsp3) is 0.571. The third kappa shape index (κ3) is 4.47. The van der Waals surface area contributed by atoms with Gasteiger partial charge in [-0.15, -0.1) is 0 Å². The van der Waals surface area contributed by atoms with Gasteiger partial charge in [0.05, 0.1) is 4.90 Å². The molecule has 0 spiro atoms. The molecule has 0 saturated heterocycles. The number of nitrogens with one attached hydrogen (secondary N) is 1. The highest BCUT2D eigenvalue weighted by atomic mass is 32.2. The van der Waals surface area contributed by atoms with E-state index in [0.717, 1.165) is 5.56 Å². The van der Waals surface area contributed by atoms with Gasteiger partial charge < -0.3 is 10.8 Å². The summed E-state index contributed by atoms with van der Waals surface area (Å²) in [6, 6.07) is 4.39. The molecule has 0 heterocycles. The first kappa shape index (κ1) is 16.9. The molecule has 0 saturated carbocycles. The molecule has 0 fully saturated rings. The van der Waals surface area contributed by atoms with Gasteiger partial charge in [0, 0.05) is 18.3 Å². The minimum atomic E-state index is -3.65. The van der Waals surface area contributed by atoms with Gasteiger partial charge in [0.15, 0.2) is 0 Å². The molecule has 0 aliphatic heterocycles. The molecule has 1 rings (SSSR count). The summed E-state index contributed by atoms with van der Waals surface area (Å²) in [5, 5.41) is 9.10. The lowest BCUT2D eigenvalue weighted by Crippen LogP contribution is -2.44. The molecular formula is C14H24N2O3S. The molecule has 6 heteroatoms. The molecule has 1 aromatic rings. The van der Waals surface area contributed by atoms with Crippen LogP contribution >= 0.6 is 0 Å². The van der Waals surface area contributed by atoms with Gasteiger partial charge in [0.2, 0.25) is 10.0 Å². The number of sulfonamides is 1. The number of anilines is 1. The van der Waals surface area contributed by atoms with E-state index in [0.29, 0.717) is 12.1 Å². The molecule has 0 aliphatic carbocycles. The van der Waals surface area contributed by atoms with Crippen molar-refractivity contribution in [3.8, 4) is 0 Å². The van der Waals surface area contributed by atoms with E-state index in [4.69, 9.17) is 10.8 Å². The van der Waals surface area contributed by atoms with Crippen molar-refractivity contribution in [2.45, 2.75) is 45.1 Å². The van der Waals surface area contributed by atoms with Crippen molar-refractivity contribution in [2.75, 3.05) is 12.3 Å². The Labute approximate surface area is 121 Å². The molecule has 114 valence electrons. The summed E-state index contributed by atoms with van der Waals surface area (Å²) >= 11 is 0. The molecule has 0 bridgehead atoms. The van der Waals surface area contributed by atoms with Gasteiger partial charge in [-0.05, 0) is 42.5 Å². The first-order chi connectivity index (χ1) is 9.06. The molecule has 1 unspecified atom stereocenters. The van der Waals surface area contributed by atoms with Crippen molar-refractivity contribution >= 4 is 15.7 Å². The summed E-state index contributed by atoms with van der Waals surface area (Å²) in [6.45, 7) is 7.52. The SMILES string of the molecule is Cc1cc(N)cc(S(=O)(=O)NC(CCO)C(C)(C)C)c1. The Kier molecular flexibility index (Phi) is 5.18. The van der Waals surface area contributed by atoms with Crippen LogP contribution in [-0.4, -0.2) is 26.2 Å². The van der Waals surface area contributed by atoms with E-state index in [-0.39, 0.29) is 23.0 Å². The second kappa shape index (κ2) is 6.11. The van der Waals surface area contributed by atoms with Gasteiger partial charge in [-0.2, -0.15) is 0 Å². The Morgan fingerprint density at radius 1 is 1.30 bits per heavy atom. The summed E-state index contributed by atoms with van der Waals surface area (Å²) in [7, 11) is -3.65. The van der Waals surface area contributed by atoms with E-state index >= 15 is 0 Å². The molecule has 0 amide bonds. The molecule has 0 radical (unpaired) electrons. The van der Waals surface area contributed by atoms with E-state index in [1.165, 1.54) is 6.07 Å². The lowest BCUT2D eigenvalue weighted by Gasteiger charge is -2.30. The lowest BCUT2D eigenvalue weighted by molar-refractivity contribution is 0.214. The minimum absolute atomic E-state index is 0.0690. The highest BCUT2D eigenvalue weighted by molar-refractivity contribution is 7.89. The summed E-state index contributed by atoms with van der Waals surface area (Å²) in [5.41, 5.74) is 6.62. The summed E-state index contributed by atoms with van der Waals surface area (Å²) < 4.78 is 27.5. The first-order valence-electron chi connectivity index (χ1n) is 6.56. The van der Waals surface area contributed by atoms with E-state index in [9.17, 15) is 8.42 Å². The fourth-order valence-electron chi connectivity index (χ4n) is 1.98. The summed E-state index contributed by atoms with van der Waals surface area (Å²) in [6.07, 6.45) is 0.365. The summed E-state index contributed by atoms with van der Waals surface area (Å²) in [4.78, 5) is 0.155. The fourth-order valence-corrected chi connectivity index (χ4v) is 3.60. The molecule has 1 atom stereocenters. The van der Waals surface area contributed by atoms with Crippen LogP contribution in [0.25, 0.3) is 0 Å². The van der Waals surface area contributed by atoms with Crippen LogP contribution in [-0.2, 0) is 10.0 Å². The second-order valence-electron chi connectivity index (χ2n) is 6.13. The van der Waals surface area contributed by atoms with E-state index in [2.05, 4.69) is 4.72 Å². The van der Waals surface area contributed by atoms with Crippen LogP contribution in [0.4, 0.5) is 5.69 Å². The van der Waals surface area contributed by atoms with Crippen molar-refractivity contribution in [3.63, 3.8) is 0 Å². The third-order valence-corrected chi connectivity index (χ3v) is 4.60. The maximum Gasteiger partial charge on any atom is 0.240 e. The number of benzene rings is 1. The predicted octanol–water partition coefficient (Wildman–Crippen LogP) is 1.65. The average molecular weight is 300 g/mol. The monoisotopic (exact) mass is 300 g/mol. The molecule has 1 aromatic carbocycles. The van der Waals surface area contributed by atoms with Crippen molar-refractivity contribution in [1.29, 1.82) is 0 Å². The number of aryl methyl sites for hydroxylation is 1. The van der Waals surface area contributed by atoms with E-state index in [1.54, 1.807) is 19.1 Å². The molecule has 5 nitrogen and oxygen atoms in total. The normalized spacial score (nSPS) is 14.2. The van der Waals surface area contributed by atoms with E-state index in [1.807, 2.05) is 20.8 Å². The number of aliphatic hydroxyl groups excluding tert-OH is 1. The zero-order valence-electron chi connectivity index (χ0n) is 12.5. The van der Waals surface area contributed by atoms with Gasteiger partial charge in [-0.25, -0.2) is 13.1 Å². The zero-order chi connectivity index (χ0) is 15.6. The van der Waals surface area contributed by atoms with Crippen LogP contribution in [0.5, 0.6) is 0 Å². The molecule has 0 aliphatic rings. The highest BCUT2D eigenvalue weighted by Gasteiger charge is 2.29. The van der Waals surface area contributed by atoms with Crippen molar-refractivity contribution in [2.24, 2.45) is 5.41 Å². The van der Waals surface area contributed by atoms with Crippen molar-refractivity contribution in [1.82, 2.24) is 4.72 Å². The van der Waals surface area contributed by atoms with Crippen LogP contribution in [0.3, 0.4) is 0 Å². The number of rotatable bonds is 5. The predicted molar refractivity (Wildman–Crippen MR) is 80.9 cm³/mol. The standard InChI is InChI=1S/C14H24N2O3S/c1-10-7-11(15)9-12(8-10)20(18,19)16-13(5-6-17)14(2,3)4/h7-9,13,16-17H,5-6,15H2,1-4H3. The number of nitrogens with two attached hydrogens (primary N) is 1. The Bertz CT molecular complexity index is 542. The molecule has 4 N–H and O–H groups in total. The van der Waals surface area contributed by atoms with Gasteiger partial charge in [0.25, 0.3) is 0 Å². The van der Waals surface area contributed by atoms with Gasteiger partial charge in [-0.3, -0.25) is 0 Å². The molecule has 0 aromatic heterocycles. The lowest BCUT2D eigenvalue weighted by atomic mass is 9.86. The minimum Gasteiger partial charge on any atom is -0.399 e. The number of nitrogen functional groups attached to an aromatic ring is 1. The van der Waals surface area contributed by atoms with Gasteiger partial charge in [0.1, 0.15) is 0 Å².